The van der Waals surface area contributed by atoms with Crippen LogP contribution in [0.5, 0.6) is 0 Å². The van der Waals surface area contributed by atoms with Gasteiger partial charge in [-0.15, -0.1) is 11.6 Å². The Morgan fingerprint density at radius 2 is 1.68 bits per heavy atom. The Morgan fingerprint density at radius 3 is 2.32 bits per heavy atom. The zero-order chi connectivity index (χ0) is 18.5. The van der Waals surface area contributed by atoms with E-state index in [-0.39, 0.29) is 0 Å². The van der Waals surface area contributed by atoms with Crippen molar-refractivity contribution in [2.75, 3.05) is 6.61 Å². The molecular weight excluding hydrogens is 360 g/mol. The van der Waals surface area contributed by atoms with Crippen molar-refractivity contribution in [3.8, 4) is 0 Å². The van der Waals surface area contributed by atoms with Crippen LogP contribution in [0.3, 0.4) is 0 Å². The van der Waals surface area contributed by atoms with Crippen LogP contribution in [0.25, 0.3) is 0 Å². The second-order valence-corrected chi connectivity index (χ2v) is 7.23. The summed E-state index contributed by atoms with van der Waals surface area (Å²) >= 11 is 6.05. The van der Waals surface area contributed by atoms with Gasteiger partial charge >= 0.3 is 0 Å². The molecule has 1 saturated carbocycles. The van der Waals surface area contributed by atoms with Crippen LogP contribution in [0.2, 0.25) is 0 Å². The van der Waals surface area contributed by atoms with Crippen molar-refractivity contribution >= 4 is 11.6 Å². The normalized spacial score (nSPS) is 53.1. The first-order valence-corrected chi connectivity index (χ1v) is 8.50. The topological polar surface area (TPSA) is 149 Å². The SMILES string of the molecule is CC1=CO[C@@H](O[C@@H]2O[C@H](CO)[C@@H](O)[C@H](O)[C@H]2O)C2C1[C@H](O)[C@@H](Cl)[C@@H]2O. The van der Waals surface area contributed by atoms with Gasteiger partial charge in [-0.25, -0.2) is 0 Å². The average Bonchev–Trinajstić information content (AvgIpc) is 2.83. The van der Waals surface area contributed by atoms with E-state index in [0.717, 1.165) is 0 Å². The number of rotatable bonds is 3. The lowest BCUT2D eigenvalue weighted by Crippen LogP contribution is -2.60. The highest BCUT2D eigenvalue weighted by Crippen LogP contribution is 2.46. The number of aliphatic hydroxyl groups is 6. The minimum absolute atomic E-state index is 0.499. The monoisotopic (exact) mass is 382 g/mol. The van der Waals surface area contributed by atoms with Gasteiger partial charge in [-0.1, -0.05) is 0 Å². The van der Waals surface area contributed by atoms with E-state index in [9.17, 15) is 30.6 Å². The Kier molecular flexibility index (Phi) is 5.60. The third-order valence-corrected chi connectivity index (χ3v) is 5.69. The van der Waals surface area contributed by atoms with E-state index in [1.165, 1.54) is 6.26 Å². The fourth-order valence-electron chi connectivity index (χ4n) is 3.73. The lowest BCUT2D eigenvalue weighted by atomic mass is 9.86. The second-order valence-electron chi connectivity index (χ2n) is 6.73. The number of ether oxygens (including phenoxy) is 3. The Bertz CT molecular complexity index is 515. The van der Waals surface area contributed by atoms with Gasteiger partial charge in [0.2, 0.25) is 6.29 Å². The molecule has 2 heterocycles. The van der Waals surface area contributed by atoms with Crippen molar-refractivity contribution in [1.29, 1.82) is 0 Å². The molecule has 3 aliphatic rings. The molecule has 0 aromatic rings. The average molecular weight is 383 g/mol. The van der Waals surface area contributed by atoms with Gasteiger partial charge in [0, 0.05) is 5.92 Å². The quantitative estimate of drug-likeness (QED) is 0.295. The molecule has 0 bridgehead atoms. The first-order valence-electron chi connectivity index (χ1n) is 8.06. The van der Waals surface area contributed by atoms with Crippen LogP contribution >= 0.6 is 11.6 Å². The highest BCUT2D eigenvalue weighted by atomic mass is 35.5. The lowest BCUT2D eigenvalue weighted by Gasteiger charge is -2.43. The summed E-state index contributed by atoms with van der Waals surface area (Å²) in [6.07, 6.45) is -9.08. The maximum absolute atomic E-state index is 10.3. The van der Waals surface area contributed by atoms with Crippen LogP contribution in [0.4, 0.5) is 0 Å². The number of aliphatic hydroxyl groups excluding tert-OH is 6. The second kappa shape index (κ2) is 7.26. The summed E-state index contributed by atoms with van der Waals surface area (Å²) in [6.45, 7) is 1.14. The van der Waals surface area contributed by atoms with Crippen LogP contribution in [-0.4, -0.2) is 91.8 Å². The molecule has 3 rings (SSSR count). The molecule has 2 fully saturated rings. The van der Waals surface area contributed by atoms with Gasteiger partial charge in [0.1, 0.15) is 24.4 Å². The van der Waals surface area contributed by atoms with Crippen molar-refractivity contribution in [3.63, 3.8) is 0 Å². The highest BCUT2D eigenvalue weighted by molar-refractivity contribution is 6.21. The molecule has 10 heteroatoms. The van der Waals surface area contributed by atoms with Gasteiger partial charge in [-0.2, -0.15) is 0 Å². The zero-order valence-electron chi connectivity index (χ0n) is 13.4. The molecule has 2 unspecified atom stereocenters. The molecule has 25 heavy (non-hydrogen) atoms. The minimum Gasteiger partial charge on any atom is -0.472 e. The third-order valence-electron chi connectivity index (χ3n) is 5.17. The molecule has 1 saturated heterocycles. The molecule has 144 valence electrons. The van der Waals surface area contributed by atoms with Gasteiger partial charge in [0.05, 0.1) is 36.4 Å². The van der Waals surface area contributed by atoms with E-state index in [1.54, 1.807) is 6.92 Å². The number of hydrogen-bond acceptors (Lipinski definition) is 9. The largest absolute Gasteiger partial charge is 0.472 e. The smallest absolute Gasteiger partial charge is 0.207 e. The fourth-order valence-corrected chi connectivity index (χ4v) is 4.06. The van der Waals surface area contributed by atoms with Crippen molar-refractivity contribution in [2.24, 2.45) is 11.8 Å². The van der Waals surface area contributed by atoms with Crippen molar-refractivity contribution in [3.05, 3.63) is 11.8 Å². The molecule has 0 radical (unpaired) electrons. The number of halogens is 1. The Labute approximate surface area is 149 Å². The van der Waals surface area contributed by atoms with E-state index >= 15 is 0 Å². The molecule has 0 aromatic carbocycles. The van der Waals surface area contributed by atoms with E-state index in [4.69, 9.17) is 25.8 Å². The minimum atomic E-state index is -1.60. The maximum atomic E-state index is 10.3. The zero-order valence-corrected chi connectivity index (χ0v) is 14.2. The Hall–Kier alpha value is -0.490. The van der Waals surface area contributed by atoms with Crippen molar-refractivity contribution in [1.82, 2.24) is 0 Å². The fraction of sp³-hybridized carbons (Fsp3) is 0.867. The summed E-state index contributed by atoms with van der Waals surface area (Å²) in [4.78, 5) is 0. The molecule has 0 aromatic heterocycles. The molecule has 0 amide bonds. The molecule has 1 aliphatic carbocycles. The highest BCUT2D eigenvalue weighted by Gasteiger charge is 2.56. The summed E-state index contributed by atoms with van der Waals surface area (Å²) in [5, 5.41) is 58.6. The molecule has 0 spiro atoms. The molecule has 2 aliphatic heterocycles. The summed E-state index contributed by atoms with van der Waals surface area (Å²) < 4.78 is 16.3. The van der Waals surface area contributed by atoms with Crippen LogP contribution < -0.4 is 0 Å². The lowest BCUT2D eigenvalue weighted by molar-refractivity contribution is -0.343. The summed E-state index contributed by atoms with van der Waals surface area (Å²) in [6, 6.07) is 0. The van der Waals surface area contributed by atoms with Gasteiger partial charge in [0.25, 0.3) is 0 Å². The molecule has 6 N–H and O–H groups in total. The van der Waals surface area contributed by atoms with Gasteiger partial charge in [-0.05, 0) is 12.5 Å². The van der Waals surface area contributed by atoms with Crippen LogP contribution in [-0.2, 0) is 14.2 Å². The Balaban J connectivity index is 1.78. The molecule has 9 nitrogen and oxygen atoms in total. The first-order chi connectivity index (χ1) is 11.8. The standard InChI is InChI=1S/C15H23ClO9/c1-4-3-23-14(7-6(4)10(19)8(16)11(7)20)25-15-13(22)12(21)9(18)5(2-17)24-15/h3,5-15,17-22H,2H2,1H3/t5-,6?,7?,8-,9-,10+,11-,12+,13-,14+,15+/m1/s1. The Morgan fingerprint density at radius 1 is 1.00 bits per heavy atom. The van der Waals surface area contributed by atoms with E-state index in [1.807, 2.05) is 0 Å². The van der Waals surface area contributed by atoms with Gasteiger partial charge in [-0.3, -0.25) is 0 Å². The number of fused-ring (bicyclic) bond motifs is 1. The maximum Gasteiger partial charge on any atom is 0.207 e. The summed E-state index contributed by atoms with van der Waals surface area (Å²) in [7, 11) is 0. The third kappa shape index (κ3) is 3.18. The molecule has 11 atom stereocenters. The van der Waals surface area contributed by atoms with E-state index in [0.29, 0.717) is 5.57 Å². The van der Waals surface area contributed by atoms with E-state index < -0.39 is 73.0 Å². The summed E-state index contributed by atoms with van der Waals surface area (Å²) in [5.74, 6) is -1.21. The van der Waals surface area contributed by atoms with Crippen molar-refractivity contribution in [2.45, 2.75) is 61.5 Å². The predicted molar refractivity (Wildman–Crippen MR) is 82.1 cm³/mol. The van der Waals surface area contributed by atoms with Crippen LogP contribution in [0, 0.1) is 11.8 Å². The van der Waals surface area contributed by atoms with Gasteiger partial charge in [0.15, 0.2) is 6.29 Å². The van der Waals surface area contributed by atoms with Crippen LogP contribution in [0.15, 0.2) is 11.8 Å². The number of hydrogen-bond donors (Lipinski definition) is 6. The van der Waals surface area contributed by atoms with Crippen LogP contribution in [0.1, 0.15) is 6.92 Å². The van der Waals surface area contributed by atoms with Crippen molar-refractivity contribution < 1.29 is 44.8 Å². The number of alkyl halides is 1. The van der Waals surface area contributed by atoms with Gasteiger partial charge < -0.3 is 44.8 Å². The van der Waals surface area contributed by atoms with E-state index in [2.05, 4.69) is 0 Å². The first kappa shape index (κ1) is 19.3. The molecular formula is C15H23ClO9. The predicted octanol–water partition coefficient (Wildman–Crippen LogP) is -2.36. The summed E-state index contributed by atoms with van der Waals surface area (Å²) in [5.41, 5.74) is 0.688.